The summed E-state index contributed by atoms with van der Waals surface area (Å²) in [5.74, 6) is 1.46. The van der Waals surface area contributed by atoms with Gasteiger partial charge in [-0.05, 0) is 86.1 Å². The van der Waals surface area contributed by atoms with Gasteiger partial charge in [-0.3, -0.25) is 0 Å². The summed E-state index contributed by atoms with van der Waals surface area (Å²) >= 11 is 0. The molecule has 174 valence electrons. The van der Waals surface area contributed by atoms with Gasteiger partial charge in [-0.25, -0.2) is 4.79 Å². The molecule has 0 bridgehead atoms. The Morgan fingerprint density at radius 2 is 1.47 bits per heavy atom. The molecule has 1 fully saturated rings. The van der Waals surface area contributed by atoms with E-state index in [1.807, 2.05) is 31.2 Å². The number of rotatable bonds is 11. The molecule has 2 aromatic carbocycles. The van der Waals surface area contributed by atoms with Crippen LogP contribution in [0.4, 0.5) is 0 Å². The molecule has 1 aliphatic carbocycles. The predicted molar refractivity (Wildman–Crippen MR) is 135 cm³/mol. The van der Waals surface area contributed by atoms with Gasteiger partial charge in [-0.1, -0.05) is 82.3 Å². The summed E-state index contributed by atoms with van der Waals surface area (Å²) in [5, 5.41) is 0. The monoisotopic (exact) mass is 434 g/mol. The molecule has 3 rings (SSSR count). The van der Waals surface area contributed by atoms with Crippen LogP contribution in [0.25, 0.3) is 11.1 Å². The highest BCUT2D eigenvalue weighted by atomic mass is 16.5. The van der Waals surface area contributed by atoms with Crippen molar-refractivity contribution in [3.8, 4) is 11.1 Å². The first kappa shape index (κ1) is 24.6. The van der Waals surface area contributed by atoms with E-state index >= 15 is 0 Å². The molecule has 0 heterocycles. The Morgan fingerprint density at radius 1 is 0.844 bits per heavy atom. The lowest BCUT2D eigenvalue weighted by Crippen LogP contribution is -2.15. The number of carbonyl (C=O) groups is 1. The van der Waals surface area contributed by atoms with Crippen molar-refractivity contribution in [2.24, 2.45) is 5.92 Å². The SMILES string of the molecule is CCCCCCC(C)OC(=O)c1ccc(-c2ccc(C3CCC(CCC)CC3)cc2)cc1. The molecule has 0 aromatic heterocycles. The van der Waals surface area contributed by atoms with E-state index in [0.29, 0.717) is 5.56 Å². The standard InChI is InChI=1S/C30H42O2/c1-4-6-7-8-10-23(3)32-30(31)29-21-19-28(20-22-29)27-17-15-26(16-18-27)25-13-11-24(9-5-2)12-14-25/h15-25H,4-14H2,1-3H3. The number of hydrogen-bond acceptors (Lipinski definition) is 2. The minimum absolute atomic E-state index is 0.0244. The van der Waals surface area contributed by atoms with Gasteiger partial charge in [0.25, 0.3) is 0 Å². The second-order valence-corrected chi connectivity index (χ2v) is 9.77. The van der Waals surface area contributed by atoms with Crippen LogP contribution in [0.15, 0.2) is 48.5 Å². The lowest BCUT2D eigenvalue weighted by molar-refractivity contribution is 0.0319. The van der Waals surface area contributed by atoms with Gasteiger partial charge >= 0.3 is 5.97 Å². The molecule has 0 spiro atoms. The predicted octanol–water partition coefficient (Wildman–Crippen LogP) is 8.94. The number of ether oxygens (including phenoxy) is 1. The molecule has 2 heteroatoms. The van der Waals surface area contributed by atoms with Gasteiger partial charge in [0.2, 0.25) is 0 Å². The third-order valence-electron chi connectivity index (χ3n) is 7.15. The van der Waals surface area contributed by atoms with E-state index in [4.69, 9.17) is 4.74 Å². The van der Waals surface area contributed by atoms with E-state index < -0.39 is 0 Å². The van der Waals surface area contributed by atoms with Crippen molar-refractivity contribution >= 4 is 5.97 Å². The lowest BCUT2D eigenvalue weighted by Gasteiger charge is -2.28. The van der Waals surface area contributed by atoms with Crippen molar-refractivity contribution in [1.82, 2.24) is 0 Å². The van der Waals surface area contributed by atoms with Crippen LogP contribution in [0.1, 0.15) is 113 Å². The van der Waals surface area contributed by atoms with E-state index in [1.54, 1.807) is 0 Å². The van der Waals surface area contributed by atoms with Gasteiger partial charge in [0.05, 0.1) is 11.7 Å². The Hall–Kier alpha value is -2.09. The largest absolute Gasteiger partial charge is 0.459 e. The van der Waals surface area contributed by atoms with Crippen LogP contribution in [0, 0.1) is 5.92 Å². The number of hydrogen-bond donors (Lipinski definition) is 0. The first-order chi connectivity index (χ1) is 15.6. The van der Waals surface area contributed by atoms with Crippen molar-refractivity contribution in [2.75, 3.05) is 0 Å². The molecular weight excluding hydrogens is 392 g/mol. The minimum atomic E-state index is -0.214. The number of unbranched alkanes of at least 4 members (excludes halogenated alkanes) is 3. The molecule has 1 saturated carbocycles. The zero-order chi connectivity index (χ0) is 22.8. The lowest BCUT2D eigenvalue weighted by atomic mass is 9.77. The highest BCUT2D eigenvalue weighted by Gasteiger charge is 2.21. The molecule has 0 aliphatic heterocycles. The van der Waals surface area contributed by atoms with Crippen LogP contribution in [0.2, 0.25) is 0 Å². The molecule has 2 nitrogen and oxygen atoms in total. The normalized spacial score (nSPS) is 19.5. The summed E-state index contributed by atoms with van der Waals surface area (Å²) in [6, 6.07) is 16.9. The van der Waals surface area contributed by atoms with Crippen molar-refractivity contribution < 1.29 is 9.53 Å². The van der Waals surface area contributed by atoms with Gasteiger partial charge in [0.1, 0.15) is 0 Å². The van der Waals surface area contributed by atoms with Gasteiger partial charge in [0.15, 0.2) is 0 Å². The van der Waals surface area contributed by atoms with Crippen LogP contribution in [0.5, 0.6) is 0 Å². The third-order valence-corrected chi connectivity index (χ3v) is 7.15. The molecule has 0 saturated heterocycles. The van der Waals surface area contributed by atoms with E-state index in [2.05, 4.69) is 38.1 Å². The molecule has 1 aliphatic rings. The average Bonchev–Trinajstić information content (AvgIpc) is 2.83. The topological polar surface area (TPSA) is 26.3 Å². The highest BCUT2D eigenvalue weighted by molar-refractivity contribution is 5.90. The summed E-state index contributed by atoms with van der Waals surface area (Å²) in [6.07, 6.45) is 13.9. The third kappa shape index (κ3) is 7.22. The van der Waals surface area contributed by atoms with Crippen molar-refractivity contribution in [3.63, 3.8) is 0 Å². The van der Waals surface area contributed by atoms with Crippen LogP contribution >= 0.6 is 0 Å². The van der Waals surface area contributed by atoms with Gasteiger partial charge < -0.3 is 4.74 Å². The summed E-state index contributed by atoms with van der Waals surface area (Å²) < 4.78 is 5.63. The Bertz CT molecular complexity index is 798. The summed E-state index contributed by atoms with van der Waals surface area (Å²) in [6.45, 7) is 6.51. The van der Waals surface area contributed by atoms with Crippen LogP contribution in [-0.4, -0.2) is 12.1 Å². The number of carbonyl (C=O) groups excluding carboxylic acids is 1. The summed E-state index contributed by atoms with van der Waals surface area (Å²) in [4.78, 5) is 12.5. The number of benzene rings is 2. The van der Waals surface area contributed by atoms with E-state index in [-0.39, 0.29) is 12.1 Å². The zero-order valence-corrected chi connectivity index (χ0v) is 20.4. The summed E-state index contributed by atoms with van der Waals surface area (Å²) in [5.41, 5.74) is 4.47. The second-order valence-electron chi connectivity index (χ2n) is 9.77. The average molecular weight is 435 g/mol. The molecule has 0 radical (unpaired) electrons. The Morgan fingerprint density at radius 3 is 2.06 bits per heavy atom. The van der Waals surface area contributed by atoms with Crippen molar-refractivity contribution in [2.45, 2.75) is 103 Å². The van der Waals surface area contributed by atoms with Gasteiger partial charge in [-0.2, -0.15) is 0 Å². The van der Waals surface area contributed by atoms with Crippen molar-refractivity contribution in [3.05, 3.63) is 59.7 Å². The smallest absolute Gasteiger partial charge is 0.338 e. The van der Waals surface area contributed by atoms with E-state index in [9.17, 15) is 4.79 Å². The Balaban J connectivity index is 1.51. The second kappa shape index (κ2) is 12.8. The fourth-order valence-electron chi connectivity index (χ4n) is 5.11. The van der Waals surface area contributed by atoms with Crippen LogP contribution < -0.4 is 0 Å². The van der Waals surface area contributed by atoms with E-state index in [0.717, 1.165) is 30.2 Å². The Labute approximate surface area is 195 Å². The Kier molecular flexibility index (Phi) is 9.84. The van der Waals surface area contributed by atoms with Gasteiger partial charge in [-0.15, -0.1) is 0 Å². The zero-order valence-electron chi connectivity index (χ0n) is 20.4. The minimum Gasteiger partial charge on any atom is -0.459 e. The maximum Gasteiger partial charge on any atom is 0.338 e. The molecule has 1 atom stereocenters. The maximum absolute atomic E-state index is 12.5. The fraction of sp³-hybridized carbons (Fsp3) is 0.567. The quantitative estimate of drug-likeness (QED) is 0.260. The fourth-order valence-corrected chi connectivity index (χ4v) is 5.11. The van der Waals surface area contributed by atoms with Crippen molar-refractivity contribution in [1.29, 1.82) is 0 Å². The molecule has 0 amide bonds. The van der Waals surface area contributed by atoms with E-state index in [1.165, 1.54) is 68.9 Å². The molecular formula is C30H42O2. The maximum atomic E-state index is 12.5. The van der Waals surface area contributed by atoms with Gasteiger partial charge in [0, 0.05) is 0 Å². The molecule has 0 N–H and O–H groups in total. The van der Waals surface area contributed by atoms with Crippen LogP contribution in [0.3, 0.4) is 0 Å². The first-order valence-electron chi connectivity index (χ1n) is 13.0. The molecule has 32 heavy (non-hydrogen) atoms. The summed E-state index contributed by atoms with van der Waals surface area (Å²) in [7, 11) is 0. The van der Waals surface area contributed by atoms with Crippen LogP contribution in [-0.2, 0) is 4.74 Å². The molecule has 1 unspecified atom stereocenters. The first-order valence-corrected chi connectivity index (χ1v) is 13.0. The molecule has 2 aromatic rings. The highest BCUT2D eigenvalue weighted by Crippen LogP contribution is 2.38. The number of esters is 1.